The van der Waals surface area contributed by atoms with E-state index in [4.69, 9.17) is 0 Å². The van der Waals surface area contributed by atoms with Gasteiger partial charge in [0.15, 0.2) is 0 Å². The molecule has 0 saturated heterocycles. The molecule has 0 atom stereocenters. The first-order valence-corrected chi connectivity index (χ1v) is 4.26. The van der Waals surface area contributed by atoms with Gasteiger partial charge in [-0.2, -0.15) is 0 Å². The van der Waals surface area contributed by atoms with Crippen LogP contribution in [0.3, 0.4) is 0 Å². The van der Waals surface area contributed by atoms with E-state index in [1.165, 1.54) is 7.11 Å². The molecule has 1 aromatic carbocycles. The minimum Gasteiger partial charge on any atom is -0.465 e. The molecular weight excluding hydrogens is 176 g/mol. The van der Waals surface area contributed by atoms with Crippen LogP contribution in [0.1, 0.15) is 5.56 Å². The highest BCUT2D eigenvalue weighted by atomic mass is 16.5. The molecule has 0 aliphatic carbocycles. The Morgan fingerprint density at radius 1 is 1.36 bits per heavy atom. The molecule has 0 unspecified atom stereocenters. The molecule has 0 radical (unpaired) electrons. The van der Waals surface area contributed by atoms with Crippen molar-refractivity contribution in [2.24, 2.45) is 0 Å². The van der Waals surface area contributed by atoms with Crippen LogP contribution in [0.2, 0.25) is 0 Å². The zero-order valence-corrected chi connectivity index (χ0v) is 8.07. The van der Waals surface area contributed by atoms with Gasteiger partial charge in [0, 0.05) is 0 Å². The van der Waals surface area contributed by atoms with Crippen LogP contribution < -0.4 is 0 Å². The van der Waals surface area contributed by atoms with E-state index in [1.807, 2.05) is 30.3 Å². The number of ether oxygens (including phenoxy) is 1. The lowest BCUT2D eigenvalue weighted by molar-refractivity contribution is -0.133. The Balaban J connectivity index is 3.07. The van der Waals surface area contributed by atoms with Crippen LogP contribution in [-0.4, -0.2) is 13.1 Å². The molecule has 0 N–H and O–H groups in total. The standard InChI is InChI=1S/C12H12O2/c1-3-7-11(12(13)14-2)10-8-5-4-6-9-10/h3-9H,1H2,2H3/b11-7-. The first kappa shape index (κ1) is 10.3. The van der Waals surface area contributed by atoms with E-state index < -0.39 is 0 Å². The highest BCUT2D eigenvalue weighted by Crippen LogP contribution is 2.15. The monoisotopic (exact) mass is 188 g/mol. The number of hydrogen-bond acceptors (Lipinski definition) is 2. The van der Waals surface area contributed by atoms with Gasteiger partial charge in [-0.1, -0.05) is 43.0 Å². The number of methoxy groups -OCH3 is 1. The van der Waals surface area contributed by atoms with Crippen LogP contribution in [0.4, 0.5) is 0 Å². The summed E-state index contributed by atoms with van der Waals surface area (Å²) in [5.74, 6) is -0.351. The molecule has 0 aromatic heterocycles. The second-order valence-electron chi connectivity index (χ2n) is 2.67. The van der Waals surface area contributed by atoms with Crippen molar-refractivity contribution < 1.29 is 9.53 Å². The molecule has 72 valence electrons. The summed E-state index contributed by atoms with van der Waals surface area (Å²) < 4.78 is 4.66. The minimum atomic E-state index is -0.351. The fourth-order valence-electron chi connectivity index (χ4n) is 1.13. The Bertz CT molecular complexity index is 350. The molecule has 0 heterocycles. The van der Waals surface area contributed by atoms with Crippen molar-refractivity contribution >= 4 is 11.5 Å². The molecule has 0 spiro atoms. The predicted octanol–water partition coefficient (Wildman–Crippen LogP) is 2.43. The average Bonchev–Trinajstić information content (AvgIpc) is 2.26. The fraction of sp³-hybridized carbons (Fsp3) is 0.0833. The van der Waals surface area contributed by atoms with E-state index in [1.54, 1.807) is 12.2 Å². The number of rotatable bonds is 3. The van der Waals surface area contributed by atoms with Crippen molar-refractivity contribution in [2.45, 2.75) is 0 Å². The average molecular weight is 188 g/mol. The second kappa shape index (κ2) is 5.02. The van der Waals surface area contributed by atoms with Crippen molar-refractivity contribution in [3.63, 3.8) is 0 Å². The molecular formula is C12H12O2. The molecule has 2 nitrogen and oxygen atoms in total. The molecule has 0 amide bonds. The van der Waals surface area contributed by atoms with E-state index in [0.717, 1.165) is 5.56 Å². The summed E-state index contributed by atoms with van der Waals surface area (Å²) >= 11 is 0. The summed E-state index contributed by atoms with van der Waals surface area (Å²) in [7, 11) is 1.36. The second-order valence-corrected chi connectivity index (χ2v) is 2.67. The minimum absolute atomic E-state index is 0.351. The smallest absolute Gasteiger partial charge is 0.338 e. The van der Waals surface area contributed by atoms with Gasteiger partial charge in [-0.15, -0.1) is 0 Å². The first-order valence-electron chi connectivity index (χ1n) is 4.26. The number of hydrogen-bond donors (Lipinski definition) is 0. The van der Waals surface area contributed by atoms with Crippen molar-refractivity contribution in [3.05, 3.63) is 54.6 Å². The fourth-order valence-corrected chi connectivity index (χ4v) is 1.13. The zero-order chi connectivity index (χ0) is 10.4. The maximum atomic E-state index is 11.4. The van der Waals surface area contributed by atoms with Gasteiger partial charge in [0.2, 0.25) is 0 Å². The van der Waals surface area contributed by atoms with Crippen molar-refractivity contribution in [2.75, 3.05) is 7.11 Å². The Morgan fingerprint density at radius 2 is 2.00 bits per heavy atom. The Labute approximate surface area is 83.5 Å². The largest absolute Gasteiger partial charge is 0.465 e. The topological polar surface area (TPSA) is 26.3 Å². The van der Waals surface area contributed by atoms with Gasteiger partial charge in [0.1, 0.15) is 0 Å². The molecule has 2 heteroatoms. The van der Waals surface area contributed by atoms with Crippen LogP contribution in [0.25, 0.3) is 5.57 Å². The highest BCUT2D eigenvalue weighted by Gasteiger charge is 2.09. The SMILES string of the molecule is C=C/C=C(\C(=O)OC)c1ccccc1. The molecule has 0 fully saturated rings. The Kier molecular flexibility index (Phi) is 3.68. The van der Waals surface area contributed by atoms with E-state index in [0.29, 0.717) is 5.57 Å². The first-order chi connectivity index (χ1) is 6.79. The van der Waals surface area contributed by atoms with Crippen LogP contribution in [0.5, 0.6) is 0 Å². The molecule has 0 aliphatic rings. The van der Waals surface area contributed by atoms with E-state index >= 15 is 0 Å². The maximum absolute atomic E-state index is 11.4. The van der Waals surface area contributed by atoms with Crippen molar-refractivity contribution in [3.8, 4) is 0 Å². The summed E-state index contributed by atoms with van der Waals surface area (Å²) in [6, 6.07) is 9.34. The summed E-state index contributed by atoms with van der Waals surface area (Å²) in [5, 5.41) is 0. The number of esters is 1. The van der Waals surface area contributed by atoms with Gasteiger partial charge in [0.25, 0.3) is 0 Å². The van der Waals surface area contributed by atoms with Gasteiger partial charge < -0.3 is 4.74 Å². The summed E-state index contributed by atoms with van der Waals surface area (Å²) in [4.78, 5) is 11.4. The molecule has 1 aromatic rings. The van der Waals surface area contributed by atoms with E-state index in [2.05, 4.69) is 11.3 Å². The van der Waals surface area contributed by atoms with Gasteiger partial charge >= 0.3 is 5.97 Å². The number of benzene rings is 1. The van der Waals surface area contributed by atoms with E-state index in [9.17, 15) is 4.79 Å². The lowest BCUT2D eigenvalue weighted by atomic mass is 10.1. The summed E-state index contributed by atoms with van der Waals surface area (Å²) in [6.45, 7) is 3.56. The van der Waals surface area contributed by atoms with Gasteiger partial charge in [-0.25, -0.2) is 4.79 Å². The molecule has 0 aliphatic heterocycles. The van der Waals surface area contributed by atoms with Crippen LogP contribution in [0.15, 0.2) is 49.1 Å². The number of carbonyl (C=O) groups is 1. The quantitative estimate of drug-likeness (QED) is 0.413. The van der Waals surface area contributed by atoms with Crippen LogP contribution >= 0.6 is 0 Å². The molecule has 1 rings (SSSR count). The zero-order valence-electron chi connectivity index (χ0n) is 8.07. The molecule has 0 bridgehead atoms. The van der Waals surface area contributed by atoms with Crippen LogP contribution in [0, 0.1) is 0 Å². The number of carbonyl (C=O) groups excluding carboxylic acids is 1. The van der Waals surface area contributed by atoms with Gasteiger partial charge in [-0.05, 0) is 11.6 Å². The maximum Gasteiger partial charge on any atom is 0.338 e. The van der Waals surface area contributed by atoms with Gasteiger partial charge in [0.05, 0.1) is 12.7 Å². The van der Waals surface area contributed by atoms with E-state index in [-0.39, 0.29) is 5.97 Å². The molecule has 14 heavy (non-hydrogen) atoms. The predicted molar refractivity (Wildman–Crippen MR) is 56.6 cm³/mol. The summed E-state index contributed by atoms with van der Waals surface area (Å²) in [5.41, 5.74) is 1.35. The lowest BCUT2D eigenvalue weighted by Crippen LogP contribution is -2.03. The third kappa shape index (κ3) is 2.33. The van der Waals surface area contributed by atoms with Crippen LogP contribution in [-0.2, 0) is 9.53 Å². The normalized spacial score (nSPS) is 10.8. The highest BCUT2D eigenvalue weighted by molar-refractivity contribution is 6.16. The van der Waals surface area contributed by atoms with Crippen molar-refractivity contribution in [1.29, 1.82) is 0 Å². The summed E-state index contributed by atoms with van der Waals surface area (Å²) in [6.07, 6.45) is 3.21. The lowest BCUT2D eigenvalue weighted by Gasteiger charge is -2.03. The molecule has 0 saturated carbocycles. The van der Waals surface area contributed by atoms with Gasteiger partial charge in [-0.3, -0.25) is 0 Å². The Hall–Kier alpha value is -1.83. The number of allylic oxidation sites excluding steroid dienone is 2. The Morgan fingerprint density at radius 3 is 2.50 bits per heavy atom. The third-order valence-electron chi connectivity index (χ3n) is 1.77. The van der Waals surface area contributed by atoms with Crippen molar-refractivity contribution in [1.82, 2.24) is 0 Å². The third-order valence-corrected chi connectivity index (χ3v) is 1.77.